The van der Waals surface area contributed by atoms with Crippen molar-refractivity contribution in [1.82, 2.24) is 5.32 Å². The number of ketones is 1. The van der Waals surface area contributed by atoms with Gasteiger partial charge in [-0.1, -0.05) is 18.2 Å². The molecule has 0 saturated heterocycles. The lowest BCUT2D eigenvalue weighted by molar-refractivity contribution is -0.143. The van der Waals surface area contributed by atoms with Gasteiger partial charge in [-0.3, -0.25) is 4.79 Å². The molecule has 8 heteroatoms. The monoisotopic (exact) mass is 448 g/mol. The van der Waals surface area contributed by atoms with E-state index in [1.165, 1.54) is 30.3 Å². The lowest BCUT2D eigenvalue weighted by atomic mass is 10.0. The van der Waals surface area contributed by atoms with Crippen molar-refractivity contribution < 1.29 is 37.1 Å². The number of Topliss-reactive ketones (excluding diaryl/α,β-unsaturated/α-hetero) is 1. The highest BCUT2D eigenvalue weighted by Crippen LogP contribution is 2.17. The Balaban J connectivity index is 2.13. The zero-order valence-electron chi connectivity index (χ0n) is 21.4. The van der Waals surface area contributed by atoms with E-state index in [-0.39, 0.29) is 12.2 Å². The number of hydrogen-bond acceptors (Lipinski definition) is 6. The summed E-state index contributed by atoms with van der Waals surface area (Å²) in [7, 11) is 0.931. The first-order chi connectivity index (χ1) is 16.2. The van der Waals surface area contributed by atoms with Crippen LogP contribution in [0.2, 0.25) is 0 Å². The predicted molar refractivity (Wildman–Crippen MR) is 116 cm³/mol. The second kappa shape index (κ2) is 11.3. The van der Waals surface area contributed by atoms with Gasteiger partial charge >= 0.3 is 12.1 Å². The second-order valence-electron chi connectivity index (χ2n) is 7.67. The number of ether oxygens (including phenoxy) is 3. The molecule has 0 bridgehead atoms. The number of esters is 1. The molecule has 0 spiro atoms. The summed E-state index contributed by atoms with van der Waals surface area (Å²) in [5.74, 6) is -2.20. The molecule has 0 aliphatic heterocycles. The standard InChI is InChI=1S/C24H28FNO6/c1-24(2,3)32-23(29)26-20(22(28)30-4)13-14-21(27)16-9-11-18(12-10-16)31-15-17-7-5-6-8-19(17)25/h5-12,20H,13-15H2,1-4H3,(H,26,29)/t20-/m0/s1/i13D2,20D. The maximum absolute atomic E-state index is 13.7. The Bertz CT molecular complexity index is 1070. The van der Waals surface area contributed by atoms with E-state index in [4.69, 9.17) is 13.6 Å². The maximum Gasteiger partial charge on any atom is 0.408 e. The summed E-state index contributed by atoms with van der Waals surface area (Å²) in [5.41, 5.74) is -0.538. The minimum absolute atomic E-state index is 0.0284. The van der Waals surface area contributed by atoms with Crippen LogP contribution in [0.1, 0.15) is 53.6 Å². The molecular formula is C24H28FNO6. The molecule has 0 aliphatic carbocycles. The molecule has 0 unspecified atom stereocenters. The number of nitrogens with one attached hydrogen (secondary N) is 1. The third-order valence-corrected chi connectivity index (χ3v) is 3.97. The van der Waals surface area contributed by atoms with E-state index < -0.39 is 48.1 Å². The SMILES string of the molecule is [2H]C([2H])(CC(=O)c1ccc(OCc2ccccc2F)cc1)[C@]([2H])(NC(=O)OC(C)(C)C)C(=O)OC. The molecule has 0 aliphatic rings. The van der Waals surface area contributed by atoms with E-state index in [0.717, 1.165) is 7.11 Å². The number of rotatable bonds is 9. The van der Waals surface area contributed by atoms with Crippen molar-refractivity contribution in [3.63, 3.8) is 0 Å². The van der Waals surface area contributed by atoms with Crippen LogP contribution in [0.15, 0.2) is 48.5 Å². The summed E-state index contributed by atoms with van der Waals surface area (Å²) in [6.07, 6.45) is -5.00. The molecule has 1 atom stereocenters. The molecule has 7 nitrogen and oxygen atoms in total. The van der Waals surface area contributed by atoms with E-state index in [1.54, 1.807) is 39.0 Å². The quantitative estimate of drug-likeness (QED) is 0.451. The highest BCUT2D eigenvalue weighted by atomic mass is 19.1. The molecule has 2 aromatic carbocycles. The lowest BCUT2D eigenvalue weighted by Crippen LogP contribution is -2.44. The van der Waals surface area contributed by atoms with Crippen molar-refractivity contribution in [1.29, 1.82) is 0 Å². The molecule has 0 fully saturated rings. The van der Waals surface area contributed by atoms with Crippen molar-refractivity contribution in [3.8, 4) is 5.75 Å². The van der Waals surface area contributed by atoms with Crippen LogP contribution < -0.4 is 10.1 Å². The number of benzene rings is 2. The topological polar surface area (TPSA) is 90.9 Å². The molecule has 1 N–H and O–H groups in total. The van der Waals surface area contributed by atoms with E-state index in [1.807, 2.05) is 5.32 Å². The summed E-state index contributed by atoms with van der Waals surface area (Å²) in [5, 5.41) is 1.90. The van der Waals surface area contributed by atoms with Crippen LogP contribution in [0.5, 0.6) is 5.75 Å². The van der Waals surface area contributed by atoms with Crippen LogP contribution in [0.3, 0.4) is 0 Å². The molecule has 1 amide bonds. The fourth-order valence-electron chi connectivity index (χ4n) is 2.46. The Morgan fingerprint density at radius 1 is 1.12 bits per heavy atom. The Hall–Kier alpha value is -3.42. The van der Waals surface area contributed by atoms with Gasteiger partial charge in [-0.05, 0) is 57.5 Å². The molecule has 0 radical (unpaired) electrons. The van der Waals surface area contributed by atoms with Gasteiger partial charge in [-0.25, -0.2) is 14.0 Å². The molecule has 0 saturated carbocycles. The Morgan fingerprint density at radius 3 is 2.38 bits per heavy atom. The van der Waals surface area contributed by atoms with Gasteiger partial charge in [0.15, 0.2) is 5.78 Å². The second-order valence-corrected chi connectivity index (χ2v) is 7.67. The first-order valence-corrected chi connectivity index (χ1v) is 9.77. The van der Waals surface area contributed by atoms with Gasteiger partial charge in [-0.2, -0.15) is 0 Å². The van der Waals surface area contributed by atoms with Crippen LogP contribution in [-0.4, -0.2) is 36.6 Å². The number of methoxy groups -OCH3 is 1. The summed E-state index contributed by atoms with van der Waals surface area (Å²) in [6, 6.07) is 8.83. The van der Waals surface area contributed by atoms with Crippen molar-refractivity contribution in [2.75, 3.05) is 7.11 Å². The van der Waals surface area contributed by atoms with Crippen LogP contribution in [0.4, 0.5) is 9.18 Å². The van der Waals surface area contributed by atoms with E-state index >= 15 is 0 Å². The summed E-state index contributed by atoms with van der Waals surface area (Å²) in [6.45, 7) is 4.63. The maximum atomic E-state index is 13.7. The first-order valence-electron chi connectivity index (χ1n) is 11.3. The normalized spacial score (nSPS) is 14.7. The molecule has 0 aromatic heterocycles. The van der Waals surface area contributed by atoms with Crippen molar-refractivity contribution >= 4 is 17.8 Å². The zero-order chi connectivity index (χ0) is 26.4. The third kappa shape index (κ3) is 8.02. The number of hydrogen-bond donors (Lipinski definition) is 1. The van der Waals surface area contributed by atoms with Gasteiger partial charge in [0.2, 0.25) is 0 Å². The average molecular weight is 449 g/mol. The lowest BCUT2D eigenvalue weighted by Gasteiger charge is -2.22. The molecule has 172 valence electrons. The third-order valence-electron chi connectivity index (χ3n) is 3.97. The van der Waals surface area contributed by atoms with Gasteiger partial charge in [0.05, 0.1) is 8.48 Å². The summed E-state index contributed by atoms with van der Waals surface area (Å²) >= 11 is 0. The van der Waals surface area contributed by atoms with Crippen molar-refractivity contribution in [2.45, 2.75) is 51.8 Å². The molecule has 0 heterocycles. The predicted octanol–water partition coefficient (Wildman–Crippen LogP) is 4.43. The van der Waals surface area contributed by atoms with Gasteiger partial charge < -0.3 is 19.5 Å². The van der Waals surface area contributed by atoms with Gasteiger partial charge in [0.1, 0.15) is 29.8 Å². The average Bonchev–Trinajstić information content (AvgIpc) is 2.76. The molecular weight excluding hydrogens is 417 g/mol. The summed E-state index contributed by atoms with van der Waals surface area (Å²) in [4.78, 5) is 37.2. The number of carbonyl (C=O) groups is 3. The van der Waals surface area contributed by atoms with Crippen LogP contribution in [0.25, 0.3) is 0 Å². The number of amides is 1. The van der Waals surface area contributed by atoms with Crippen LogP contribution in [0, 0.1) is 5.82 Å². The van der Waals surface area contributed by atoms with E-state index in [0.29, 0.717) is 11.3 Å². The number of carbonyl (C=O) groups excluding carboxylic acids is 3. The van der Waals surface area contributed by atoms with Gasteiger partial charge in [0, 0.05) is 20.3 Å². The van der Waals surface area contributed by atoms with Gasteiger partial charge in [0.25, 0.3) is 0 Å². The Labute approximate surface area is 191 Å². The summed E-state index contributed by atoms with van der Waals surface area (Å²) < 4.78 is 53.7. The molecule has 2 rings (SSSR count). The Morgan fingerprint density at radius 2 is 1.78 bits per heavy atom. The Kier molecular flexibility index (Phi) is 7.21. The van der Waals surface area contributed by atoms with Crippen LogP contribution >= 0.6 is 0 Å². The number of halogens is 1. The smallest absolute Gasteiger partial charge is 0.408 e. The zero-order valence-corrected chi connectivity index (χ0v) is 18.4. The van der Waals surface area contributed by atoms with Crippen LogP contribution in [-0.2, 0) is 20.9 Å². The first kappa shape index (κ1) is 20.5. The fraction of sp³-hybridized carbons (Fsp3) is 0.375. The largest absolute Gasteiger partial charge is 0.489 e. The number of alkyl carbamates (subject to hydrolysis) is 1. The minimum Gasteiger partial charge on any atom is -0.489 e. The van der Waals surface area contributed by atoms with E-state index in [9.17, 15) is 18.8 Å². The fourth-order valence-corrected chi connectivity index (χ4v) is 2.46. The highest BCUT2D eigenvalue weighted by Gasteiger charge is 2.25. The highest BCUT2D eigenvalue weighted by molar-refractivity contribution is 5.96. The van der Waals surface area contributed by atoms with Crippen molar-refractivity contribution in [3.05, 3.63) is 65.5 Å². The molecule has 32 heavy (non-hydrogen) atoms. The van der Waals surface area contributed by atoms with E-state index in [2.05, 4.69) is 4.74 Å². The van der Waals surface area contributed by atoms with Gasteiger partial charge in [-0.15, -0.1) is 0 Å². The minimum atomic E-state index is -2.96. The molecule has 2 aromatic rings. The van der Waals surface area contributed by atoms with Crippen molar-refractivity contribution in [2.24, 2.45) is 0 Å².